The molecule has 7 heteroatoms. The number of carbonyl (C=O) groups excluding carboxylic acids is 1. The molecular weight excluding hydrogens is 312 g/mol. The van der Waals surface area contributed by atoms with Crippen LogP contribution in [0.15, 0.2) is 41.9 Å². The van der Waals surface area contributed by atoms with Crippen molar-refractivity contribution in [3.63, 3.8) is 0 Å². The van der Waals surface area contributed by atoms with E-state index in [9.17, 15) is 4.79 Å². The van der Waals surface area contributed by atoms with Crippen molar-refractivity contribution in [1.29, 1.82) is 0 Å². The number of benzene rings is 1. The van der Waals surface area contributed by atoms with Crippen molar-refractivity contribution in [3.8, 4) is 16.4 Å². The van der Waals surface area contributed by atoms with E-state index in [1.807, 2.05) is 42.6 Å². The zero-order valence-corrected chi connectivity index (χ0v) is 13.6. The van der Waals surface area contributed by atoms with Crippen LogP contribution in [0.2, 0.25) is 0 Å². The van der Waals surface area contributed by atoms with Gasteiger partial charge in [0, 0.05) is 10.9 Å². The van der Waals surface area contributed by atoms with E-state index in [1.165, 1.54) is 11.3 Å². The Balaban J connectivity index is 1.92. The van der Waals surface area contributed by atoms with Gasteiger partial charge in [-0.1, -0.05) is 30.3 Å². The Bertz CT molecular complexity index is 811. The van der Waals surface area contributed by atoms with Crippen LogP contribution in [0.5, 0.6) is 0 Å². The molecule has 6 nitrogen and oxygen atoms in total. The minimum Gasteiger partial charge on any atom is -0.450 e. The zero-order valence-electron chi connectivity index (χ0n) is 12.8. The summed E-state index contributed by atoms with van der Waals surface area (Å²) in [7, 11) is 0. The van der Waals surface area contributed by atoms with Gasteiger partial charge in [0.05, 0.1) is 18.5 Å². The molecule has 118 valence electrons. The van der Waals surface area contributed by atoms with Gasteiger partial charge in [-0.15, -0.1) is 11.3 Å². The minimum absolute atomic E-state index is 0.314. The Morgan fingerprint density at radius 1 is 1.35 bits per heavy atom. The van der Waals surface area contributed by atoms with E-state index in [0.29, 0.717) is 12.4 Å². The second-order valence-corrected chi connectivity index (χ2v) is 5.59. The van der Waals surface area contributed by atoms with Crippen molar-refractivity contribution in [2.45, 2.75) is 13.8 Å². The normalized spacial score (nSPS) is 10.5. The number of rotatable bonds is 4. The molecule has 0 saturated carbocycles. The van der Waals surface area contributed by atoms with Crippen molar-refractivity contribution >= 4 is 23.2 Å². The van der Waals surface area contributed by atoms with Gasteiger partial charge >= 0.3 is 6.09 Å². The van der Waals surface area contributed by atoms with Gasteiger partial charge in [0.1, 0.15) is 11.6 Å². The van der Waals surface area contributed by atoms with Crippen LogP contribution in [0.25, 0.3) is 16.4 Å². The maximum absolute atomic E-state index is 11.6. The first-order chi connectivity index (χ1) is 11.2. The maximum atomic E-state index is 11.6. The third kappa shape index (κ3) is 3.24. The molecule has 1 aromatic carbocycles. The van der Waals surface area contributed by atoms with Crippen LogP contribution in [-0.4, -0.2) is 27.2 Å². The molecule has 0 saturated heterocycles. The Labute approximate surface area is 137 Å². The van der Waals surface area contributed by atoms with Gasteiger partial charge in [-0.3, -0.25) is 9.88 Å². The first-order valence-corrected chi connectivity index (χ1v) is 8.06. The number of aryl methyl sites for hydroxylation is 1. The second kappa shape index (κ2) is 6.62. The molecule has 1 N–H and O–H groups in total. The number of nitrogens with one attached hydrogen (secondary N) is 1. The molecule has 0 bridgehead atoms. The number of aromatic nitrogens is 3. The predicted octanol–water partition coefficient (Wildman–Crippen LogP) is 3.87. The van der Waals surface area contributed by atoms with Gasteiger partial charge in [-0.2, -0.15) is 0 Å². The lowest BCUT2D eigenvalue weighted by Crippen LogP contribution is -2.16. The molecular formula is C16H16N4O2S. The Morgan fingerprint density at radius 2 is 2.13 bits per heavy atom. The van der Waals surface area contributed by atoms with Crippen molar-refractivity contribution in [1.82, 2.24) is 14.5 Å². The lowest BCUT2D eigenvalue weighted by molar-refractivity contribution is 0.167. The highest BCUT2D eigenvalue weighted by molar-refractivity contribution is 7.12. The fourth-order valence-electron chi connectivity index (χ4n) is 2.15. The van der Waals surface area contributed by atoms with Crippen LogP contribution in [0.3, 0.4) is 0 Å². The number of amides is 1. The summed E-state index contributed by atoms with van der Waals surface area (Å²) in [6.45, 7) is 3.93. The molecule has 2 heterocycles. The average Bonchev–Trinajstić information content (AvgIpc) is 3.15. The number of anilines is 1. The number of hydrogen-bond acceptors (Lipinski definition) is 5. The summed E-state index contributed by atoms with van der Waals surface area (Å²) in [5.74, 6) is 1.28. The fourth-order valence-corrected chi connectivity index (χ4v) is 3.05. The first-order valence-electron chi connectivity index (χ1n) is 7.18. The summed E-state index contributed by atoms with van der Waals surface area (Å²) in [5, 5.41) is 5.41. The number of carbonyl (C=O) groups is 1. The number of nitrogens with zero attached hydrogens (tertiary/aromatic N) is 3. The van der Waals surface area contributed by atoms with Crippen molar-refractivity contribution in [2.75, 3.05) is 11.9 Å². The molecule has 0 radical (unpaired) electrons. The topological polar surface area (TPSA) is 69.0 Å². The van der Waals surface area contributed by atoms with Gasteiger partial charge in [0.2, 0.25) is 0 Å². The third-order valence-corrected chi connectivity index (χ3v) is 4.02. The van der Waals surface area contributed by atoms with Crippen LogP contribution < -0.4 is 5.32 Å². The lowest BCUT2D eigenvalue weighted by Gasteiger charge is -2.08. The van der Waals surface area contributed by atoms with Gasteiger partial charge in [0.15, 0.2) is 5.13 Å². The van der Waals surface area contributed by atoms with Gasteiger partial charge in [0.25, 0.3) is 0 Å². The smallest absolute Gasteiger partial charge is 0.412 e. The maximum Gasteiger partial charge on any atom is 0.412 e. The standard InChI is InChI=1S/C16H16N4O2S/c1-3-22-16(21)19-14-9-17-11(2)20(14)15-18-13(10-23-15)12-7-5-4-6-8-12/h4-10H,3H2,1-2H3,(H,19,21). The summed E-state index contributed by atoms with van der Waals surface area (Å²) < 4.78 is 6.71. The third-order valence-electron chi connectivity index (χ3n) is 3.20. The molecule has 0 aliphatic heterocycles. The molecule has 0 unspecified atom stereocenters. The molecule has 0 fully saturated rings. The van der Waals surface area contributed by atoms with E-state index < -0.39 is 6.09 Å². The van der Waals surface area contributed by atoms with E-state index >= 15 is 0 Å². The summed E-state index contributed by atoms with van der Waals surface area (Å²) in [5.41, 5.74) is 1.94. The van der Waals surface area contributed by atoms with E-state index in [2.05, 4.69) is 15.3 Å². The number of hydrogen-bond donors (Lipinski definition) is 1. The van der Waals surface area contributed by atoms with Crippen LogP contribution >= 0.6 is 11.3 Å². The minimum atomic E-state index is -0.506. The summed E-state index contributed by atoms with van der Waals surface area (Å²) in [6.07, 6.45) is 1.09. The molecule has 23 heavy (non-hydrogen) atoms. The molecule has 2 aromatic heterocycles. The number of thiazole rings is 1. The lowest BCUT2D eigenvalue weighted by atomic mass is 10.2. The first kappa shape index (κ1) is 15.2. The molecule has 3 rings (SSSR count). The number of ether oxygens (including phenoxy) is 1. The summed E-state index contributed by atoms with van der Waals surface area (Å²) >= 11 is 1.49. The van der Waals surface area contributed by atoms with Crippen LogP contribution in [0.1, 0.15) is 12.7 Å². The molecule has 0 spiro atoms. The molecule has 1 amide bonds. The SMILES string of the molecule is CCOC(=O)Nc1cnc(C)n1-c1nc(-c2ccccc2)cs1. The van der Waals surface area contributed by atoms with E-state index in [1.54, 1.807) is 17.7 Å². The Kier molecular flexibility index (Phi) is 4.38. The average molecular weight is 328 g/mol. The largest absolute Gasteiger partial charge is 0.450 e. The Hall–Kier alpha value is -2.67. The highest BCUT2D eigenvalue weighted by Gasteiger charge is 2.15. The van der Waals surface area contributed by atoms with Crippen molar-refractivity contribution < 1.29 is 9.53 Å². The zero-order chi connectivity index (χ0) is 16.2. The van der Waals surface area contributed by atoms with E-state index in [4.69, 9.17) is 4.74 Å². The molecule has 0 atom stereocenters. The highest BCUT2D eigenvalue weighted by atomic mass is 32.1. The quantitative estimate of drug-likeness (QED) is 0.789. The van der Waals surface area contributed by atoms with Crippen LogP contribution in [0, 0.1) is 6.92 Å². The van der Waals surface area contributed by atoms with Crippen molar-refractivity contribution in [3.05, 3.63) is 47.7 Å². The van der Waals surface area contributed by atoms with Gasteiger partial charge < -0.3 is 4.74 Å². The van der Waals surface area contributed by atoms with Crippen LogP contribution in [-0.2, 0) is 4.74 Å². The van der Waals surface area contributed by atoms with Crippen LogP contribution in [0.4, 0.5) is 10.6 Å². The number of imidazole rings is 1. The second-order valence-electron chi connectivity index (χ2n) is 4.75. The van der Waals surface area contributed by atoms with E-state index in [0.717, 1.165) is 22.2 Å². The summed E-state index contributed by atoms with van der Waals surface area (Å²) in [4.78, 5) is 20.5. The van der Waals surface area contributed by atoms with Gasteiger partial charge in [-0.05, 0) is 13.8 Å². The van der Waals surface area contributed by atoms with Gasteiger partial charge in [-0.25, -0.2) is 14.8 Å². The molecule has 3 aromatic rings. The highest BCUT2D eigenvalue weighted by Crippen LogP contribution is 2.27. The molecule has 0 aliphatic carbocycles. The Morgan fingerprint density at radius 3 is 2.87 bits per heavy atom. The monoisotopic (exact) mass is 328 g/mol. The predicted molar refractivity (Wildman–Crippen MR) is 90.1 cm³/mol. The molecule has 0 aliphatic rings. The van der Waals surface area contributed by atoms with E-state index in [-0.39, 0.29) is 0 Å². The van der Waals surface area contributed by atoms with Crippen molar-refractivity contribution in [2.24, 2.45) is 0 Å². The fraction of sp³-hybridized carbons (Fsp3) is 0.188. The summed E-state index contributed by atoms with van der Waals surface area (Å²) in [6, 6.07) is 9.95.